The van der Waals surface area contributed by atoms with E-state index >= 15 is 0 Å². The summed E-state index contributed by atoms with van der Waals surface area (Å²) in [6.07, 6.45) is 0. The topological polar surface area (TPSA) is 8.17 Å². The van der Waals surface area contributed by atoms with E-state index in [0.29, 0.717) is 0 Å². The van der Waals surface area contributed by atoms with E-state index in [0.717, 1.165) is 22.7 Å². The third-order valence-electron chi connectivity index (χ3n) is 13.4. The van der Waals surface area contributed by atoms with Gasteiger partial charge < -0.3 is 9.47 Å². The lowest BCUT2D eigenvalue weighted by Crippen LogP contribution is -2.25. The molecule has 13 rings (SSSR count). The molecule has 2 aliphatic rings. The van der Waals surface area contributed by atoms with Crippen molar-refractivity contribution >= 4 is 49.6 Å². The molecule has 0 saturated carbocycles. The van der Waals surface area contributed by atoms with Crippen LogP contribution in [0.4, 0.5) is 17.1 Å². The lowest BCUT2D eigenvalue weighted by molar-refractivity contribution is 0.794. The number of fused-ring (bicyclic) bond motifs is 15. The van der Waals surface area contributed by atoms with Crippen molar-refractivity contribution in [2.24, 2.45) is 0 Å². The first kappa shape index (κ1) is 34.0. The fourth-order valence-corrected chi connectivity index (χ4v) is 10.9. The summed E-state index contributed by atoms with van der Waals surface area (Å²) in [6, 6.07) is 85.3. The number of benzene rings is 10. The van der Waals surface area contributed by atoms with Gasteiger partial charge in [0.05, 0.1) is 16.4 Å². The van der Waals surface area contributed by atoms with Crippen LogP contribution >= 0.6 is 0 Å². The molecule has 0 radical (unpaired) electrons. The van der Waals surface area contributed by atoms with Gasteiger partial charge in [0.25, 0.3) is 0 Å². The van der Waals surface area contributed by atoms with Gasteiger partial charge in [0.15, 0.2) is 0 Å². The second-order valence-electron chi connectivity index (χ2n) is 16.4. The Labute approximate surface area is 354 Å². The summed E-state index contributed by atoms with van der Waals surface area (Å²) in [4.78, 5) is 2.45. The van der Waals surface area contributed by atoms with Crippen molar-refractivity contribution in [1.82, 2.24) is 4.57 Å². The zero-order chi connectivity index (χ0) is 40.1. The highest BCUT2D eigenvalue weighted by atomic mass is 15.1. The van der Waals surface area contributed by atoms with E-state index in [1.54, 1.807) is 0 Å². The van der Waals surface area contributed by atoms with E-state index in [1.165, 1.54) is 88.2 Å². The van der Waals surface area contributed by atoms with Crippen molar-refractivity contribution in [2.45, 2.75) is 5.41 Å². The number of aromatic nitrogens is 1. The van der Waals surface area contributed by atoms with Crippen LogP contribution in [0.1, 0.15) is 22.3 Å². The third-order valence-corrected chi connectivity index (χ3v) is 13.4. The van der Waals surface area contributed by atoms with E-state index in [-0.39, 0.29) is 0 Å². The molecule has 0 fully saturated rings. The van der Waals surface area contributed by atoms with Crippen LogP contribution in [0.5, 0.6) is 0 Å². The van der Waals surface area contributed by atoms with Gasteiger partial charge in [-0.25, -0.2) is 0 Å². The highest BCUT2D eigenvalue weighted by molar-refractivity contribution is 6.11. The lowest BCUT2D eigenvalue weighted by Gasteiger charge is -2.31. The average Bonchev–Trinajstić information content (AvgIpc) is 3.94. The molecule has 0 amide bonds. The Kier molecular flexibility index (Phi) is 7.26. The normalized spacial score (nSPS) is 13.0. The molecule has 0 bridgehead atoms. The summed E-state index contributed by atoms with van der Waals surface area (Å²) in [5.74, 6) is 0. The molecule has 11 aromatic rings. The largest absolute Gasteiger partial charge is 0.310 e. The maximum Gasteiger partial charge on any atom is 0.0725 e. The summed E-state index contributed by atoms with van der Waals surface area (Å²) in [7, 11) is 0. The lowest BCUT2D eigenvalue weighted by atomic mass is 9.70. The molecule has 0 unspecified atom stereocenters. The SMILES string of the molecule is c1ccc(-c2ccc(N(c3ccc4c(c3)-c3c(ccc5ccccc35)C43c4ccccc4-c4ccccc43)c3ccc4c(c3)c3ccccc3n4-c3ccccc3)cc2)cc1. The first-order valence-corrected chi connectivity index (χ1v) is 21.2. The Bertz CT molecular complexity index is 3480. The Balaban J connectivity index is 1.08. The van der Waals surface area contributed by atoms with Gasteiger partial charge in [-0.2, -0.15) is 0 Å². The van der Waals surface area contributed by atoms with E-state index in [4.69, 9.17) is 0 Å². The van der Waals surface area contributed by atoms with E-state index < -0.39 is 5.41 Å². The van der Waals surface area contributed by atoms with Gasteiger partial charge in [0, 0.05) is 33.5 Å². The van der Waals surface area contributed by atoms with E-state index in [2.05, 4.69) is 240 Å². The van der Waals surface area contributed by atoms with Gasteiger partial charge in [-0.05, 0) is 127 Å². The van der Waals surface area contributed by atoms with Crippen LogP contribution in [0.15, 0.2) is 231 Å². The standard InChI is InChI=1S/C59H38N2/c1-3-15-39(16-4-1)40-27-30-43(31-28-40)60(45-33-36-57-50(37-45)49-23-11-14-26-56(49)61(57)42-18-5-2-6-19-42)44-32-35-54-51(38-44)58-46-20-8-7-17-41(46)29-34-55(58)59(54)52-24-12-9-21-47(52)48-22-10-13-25-53(48)59/h1-38H. The molecule has 0 saturated heterocycles. The minimum atomic E-state index is -0.430. The minimum absolute atomic E-state index is 0.430. The van der Waals surface area contributed by atoms with Crippen LogP contribution in [-0.4, -0.2) is 4.57 Å². The van der Waals surface area contributed by atoms with Gasteiger partial charge >= 0.3 is 0 Å². The van der Waals surface area contributed by atoms with Crippen molar-refractivity contribution in [1.29, 1.82) is 0 Å². The van der Waals surface area contributed by atoms with Crippen LogP contribution in [0.2, 0.25) is 0 Å². The van der Waals surface area contributed by atoms with Crippen LogP contribution in [0.3, 0.4) is 0 Å². The van der Waals surface area contributed by atoms with Gasteiger partial charge in [-0.15, -0.1) is 0 Å². The molecule has 0 atom stereocenters. The molecule has 1 aromatic heterocycles. The number of nitrogens with zero attached hydrogens (tertiary/aromatic N) is 2. The zero-order valence-electron chi connectivity index (χ0n) is 33.3. The molecule has 1 spiro atoms. The Hall–Kier alpha value is -7.94. The number of hydrogen-bond acceptors (Lipinski definition) is 1. The van der Waals surface area contributed by atoms with Crippen molar-refractivity contribution in [2.75, 3.05) is 4.90 Å². The molecule has 1 heterocycles. The van der Waals surface area contributed by atoms with Crippen LogP contribution in [-0.2, 0) is 5.41 Å². The highest BCUT2D eigenvalue weighted by Crippen LogP contribution is 2.64. The van der Waals surface area contributed by atoms with E-state index in [9.17, 15) is 0 Å². The fourth-order valence-electron chi connectivity index (χ4n) is 10.9. The molecular weight excluding hydrogens is 737 g/mol. The van der Waals surface area contributed by atoms with Crippen molar-refractivity contribution < 1.29 is 0 Å². The summed E-state index contributed by atoms with van der Waals surface area (Å²) in [5, 5.41) is 4.99. The molecular formula is C59H38N2. The van der Waals surface area contributed by atoms with Crippen molar-refractivity contribution in [3.05, 3.63) is 253 Å². The van der Waals surface area contributed by atoms with Gasteiger partial charge in [-0.3, -0.25) is 0 Å². The molecule has 61 heavy (non-hydrogen) atoms. The van der Waals surface area contributed by atoms with Gasteiger partial charge in [0.1, 0.15) is 0 Å². The third kappa shape index (κ3) is 4.79. The highest BCUT2D eigenvalue weighted by Gasteiger charge is 2.52. The maximum absolute atomic E-state index is 2.47. The summed E-state index contributed by atoms with van der Waals surface area (Å²) in [6.45, 7) is 0. The molecule has 0 aliphatic heterocycles. The summed E-state index contributed by atoms with van der Waals surface area (Å²) >= 11 is 0. The maximum atomic E-state index is 2.47. The number of para-hydroxylation sites is 2. The quantitative estimate of drug-likeness (QED) is 0.169. The Morgan fingerprint density at radius 1 is 0.328 bits per heavy atom. The van der Waals surface area contributed by atoms with Gasteiger partial charge in [0.2, 0.25) is 0 Å². The predicted molar refractivity (Wildman–Crippen MR) is 255 cm³/mol. The Morgan fingerprint density at radius 2 is 0.869 bits per heavy atom. The van der Waals surface area contributed by atoms with Crippen LogP contribution in [0, 0.1) is 0 Å². The fraction of sp³-hybridized carbons (Fsp3) is 0.0169. The summed E-state index contributed by atoms with van der Waals surface area (Å²) in [5.41, 5.74) is 19.5. The molecule has 2 aliphatic carbocycles. The zero-order valence-corrected chi connectivity index (χ0v) is 33.3. The number of rotatable bonds is 5. The molecule has 0 N–H and O–H groups in total. The van der Waals surface area contributed by atoms with Crippen LogP contribution < -0.4 is 4.90 Å². The first-order valence-electron chi connectivity index (χ1n) is 21.2. The Morgan fingerprint density at radius 3 is 1.64 bits per heavy atom. The number of anilines is 3. The second-order valence-corrected chi connectivity index (χ2v) is 16.4. The number of hydrogen-bond donors (Lipinski definition) is 0. The second kappa shape index (κ2) is 13.0. The summed E-state index contributed by atoms with van der Waals surface area (Å²) < 4.78 is 2.39. The van der Waals surface area contributed by atoms with Crippen molar-refractivity contribution in [3.63, 3.8) is 0 Å². The molecule has 2 heteroatoms. The van der Waals surface area contributed by atoms with Crippen molar-refractivity contribution in [3.8, 4) is 39.1 Å². The molecule has 284 valence electrons. The predicted octanol–water partition coefficient (Wildman–Crippen LogP) is 15.4. The van der Waals surface area contributed by atoms with Crippen LogP contribution in [0.25, 0.3) is 71.6 Å². The smallest absolute Gasteiger partial charge is 0.0725 e. The molecule has 2 nitrogen and oxygen atoms in total. The van der Waals surface area contributed by atoms with Gasteiger partial charge in [-0.1, -0.05) is 170 Å². The van der Waals surface area contributed by atoms with E-state index in [1.807, 2.05) is 0 Å². The first-order chi connectivity index (χ1) is 30.3. The monoisotopic (exact) mass is 774 g/mol. The average molecular weight is 775 g/mol. The molecule has 10 aromatic carbocycles. The minimum Gasteiger partial charge on any atom is -0.310 e.